The quantitative estimate of drug-likeness (QED) is 0.764. The van der Waals surface area contributed by atoms with Crippen LogP contribution in [0, 0.1) is 5.92 Å². The first-order chi connectivity index (χ1) is 11.5. The number of methoxy groups -OCH3 is 1. The summed E-state index contributed by atoms with van der Waals surface area (Å²) in [6.07, 6.45) is 3.85. The smallest absolute Gasteiger partial charge is 0.220 e. The van der Waals surface area contributed by atoms with Crippen LogP contribution in [0.4, 0.5) is 0 Å². The van der Waals surface area contributed by atoms with Gasteiger partial charge in [0.25, 0.3) is 0 Å². The van der Waals surface area contributed by atoms with Crippen molar-refractivity contribution in [2.45, 2.75) is 45.6 Å². The Morgan fingerprint density at radius 3 is 2.96 bits per heavy atom. The molecule has 0 saturated carbocycles. The highest BCUT2D eigenvalue weighted by Crippen LogP contribution is 2.26. The third-order valence-electron chi connectivity index (χ3n) is 4.54. The van der Waals surface area contributed by atoms with Crippen LogP contribution in [0.1, 0.15) is 38.7 Å². The van der Waals surface area contributed by atoms with Gasteiger partial charge in [0.1, 0.15) is 5.75 Å². The number of hydrogen-bond donors (Lipinski definition) is 1. The number of halogens is 1. The number of benzene rings is 1. The molecule has 1 N–H and O–H groups in total. The zero-order valence-corrected chi connectivity index (χ0v) is 16.6. The standard InChI is InChI=1S/C19H29BrN2O2/c1-14-5-4-10-22(12-14)13-15(2)21-19(23)9-7-16-6-8-18(24-3)17(20)11-16/h6,8,11,14-15H,4-5,7,9-10,12-13H2,1-3H3,(H,21,23). The predicted octanol–water partition coefficient (Wildman–Crippen LogP) is 3.63. The predicted molar refractivity (Wildman–Crippen MR) is 101 cm³/mol. The molecule has 1 heterocycles. The molecular formula is C19H29BrN2O2. The number of nitrogens with zero attached hydrogens (tertiary/aromatic N) is 1. The highest BCUT2D eigenvalue weighted by atomic mass is 79.9. The summed E-state index contributed by atoms with van der Waals surface area (Å²) in [6.45, 7) is 7.66. The molecule has 1 saturated heterocycles. The van der Waals surface area contributed by atoms with E-state index in [1.165, 1.54) is 12.8 Å². The number of aryl methyl sites for hydroxylation is 1. The number of likely N-dealkylation sites (tertiary alicyclic amines) is 1. The van der Waals surface area contributed by atoms with Crippen molar-refractivity contribution in [3.63, 3.8) is 0 Å². The van der Waals surface area contributed by atoms with E-state index < -0.39 is 0 Å². The summed E-state index contributed by atoms with van der Waals surface area (Å²) >= 11 is 3.48. The van der Waals surface area contributed by atoms with Crippen LogP contribution in [-0.2, 0) is 11.2 Å². The van der Waals surface area contributed by atoms with E-state index in [-0.39, 0.29) is 11.9 Å². The minimum absolute atomic E-state index is 0.125. The van der Waals surface area contributed by atoms with Crippen molar-refractivity contribution in [1.29, 1.82) is 0 Å². The zero-order chi connectivity index (χ0) is 17.5. The van der Waals surface area contributed by atoms with E-state index in [0.29, 0.717) is 6.42 Å². The fourth-order valence-corrected chi connectivity index (χ4v) is 3.94. The van der Waals surface area contributed by atoms with Crippen LogP contribution in [-0.4, -0.2) is 43.6 Å². The number of piperidine rings is 1. The summed E-state index contributed by atoms with van der Waals surface area (Å²) in [5, 5.41) is 3.13. The normalized spacial score (nSPS) is 19.8. The second-order valence-electron chi connectivity index (χ2n) is 6.94. The van der Waals surface area contributed by atoms with Gasteiger partial charge in [-0.15, -0.1) is 0 Å². The molecular weight excluding hydrogens is 368 g/mol. The van der Waals surface area contributed by atoms with Gasteiger partial charge in [0.2, 0.25) is 5.91 Å². The summed E-state index contributed by atoms with van der Waals surface area (Å²) in [6, 6.07) is 6.16. The van der Waals surface area contributed by atoms with E-state index in [1.807, 2.05) is 18.2 Å². The Hall–Kier alpha value is -1.07. The van der Waals surface area contributed by atoms with Crippen molar-refractivity contribution in [1.82, 2.24) is 10.2 Å². The second-order valence-corrected chi connectivity index (χ2v) is 7.80. The van der Waals surface area contributed by atoms with Crippen LogP contribution < -0.4 is 10.1 Å². The first-order valence-electron chi connectivity index (χ1n) is 8.82. The lowest BCUT2D eigenvalue weighted by Gasteiger charge is -2.32. The Kier molecular flexibility index (Phi) is 7.56. The van der Waals surface area contributed by atoms with Gasteiger partial charge >= 0.3 is 0 Å². The topological polar surface area (TPSA) is 41.6 Å². The SMILES string of the molecule is COc1ccc(CCC(=O)NC(C)CN2CCCC(C)C2)cc1Br. The van der Waals surface area contributed by atoms with Crippen molar-refractivity contribution in [3.05, 3.63) is 28.2 Å². The Bertz CT molecular complexity index is 550. The monoisotopic (exact) mass is 396 g/mol. The van der Waals surface area contributed by atoms with Crippen molar-refractivity contribution < 1.29 is 9.53 Å². The number of ether oxygens (including phenoxy) is 1. The molecule has 1 aliphatic rings. The third-order valence-corrected chi connectivity index (χ3v) is 5.16. The van der Waals surface area contributed by atoms with E-state index in [0.717, 1.165) is 47.8 Å². The van der Waals surface area contributed by atoms with E-state index in [2.05, 4.69) is 40.0 Å². The molecule has 5 heteroatoms. The van der Waals surface area contributed by atoms with Crippen LogP contribution in [0.5, 0.6) is 5.75 Å². The molecule has 0 radical (unpaired) electrons. The molecule has 0 bridgehead atoms. The molecule has 1 aromatic rings. The van der Waals surface area contributed by atoms with Crippen LogP contribution in [0.15, 0.2) is 22.7 Å². The number of carbonyl (C=O) groups excluding carboxylic acids is 1. The van der Waals surface area contributed by atoms with Gasteiger partial charge in [-0.05, 0) is 72.3 Å². The molecule has 4 nitrogen and oxygen atoms in total. The number of carbonyl (C=O) groups is 1. The number of nitrogens with one attached hydrogen (secondary N) is 1. The van der Waals surface area contributed by atoms with Crippen molar-refractivity contribution >= 4 is 21.8 Å². The molecule has 134 valence electrons. The molecule has 0 aromatic heterocycles. The molecule has 1 amide bonds. The summed E-state index contributed by atoms with van der Waals surface area (Å²) in [5.41, 5.74) is 1.13. The molecule has 2 unspecified atom stereocenters. The number of hydrogen-bond acceptors (Lipinski definition) is 3. The van der Waals surface area contributed by atoms with E-state index in [1.54, 1.807) is 7.11 Å². The highest BCUT2D eigenvalue weighted by Gasteiger charge is 2.18. The minimum Gasteiger partial charge on any atom is -0.496 e. The van der Waals surface area contributed by atoms with Gasteiger partial charge in [-0.25, -0.2) is 0 Å². The number of rotatable bonds is 7. The lowest BCUT2D eigenvalue weighted by molar-refractivity contribution is -0.121. The van der Waals surface area contributed by atoms with E-state index in [4.69, 9.17) is 4.74 Å². The molecule has 2 rings (SSSR count). The van der Waals surface area contributed by atoms with Gasteiger partial charge in [-0.3, -0.25) is 4.79 Å². The fraction of sp³-hybridized carbons (Fsp3) is 0.632. The van der Waals surface area contributed by atoms with Gasteiger partial charge in [0, 0.05) is 25.6 Å². The molecule has 0 aliphatic carbocycles. The average molecular weight is 397 g/mol. The first-order valence-corrected chi connectivity index (χ1v) is 9.61. The third kappa shape index (κ3) is 6.10. The second kappa shape index (κ2) is 9.42. The first kappa shape index (κ1) is 19.3. The van der Waals surface area contributed by atoms with Crippen molar-refractivity contribution in [2.75, 3.05) is 26.7 Å². The van der Waals surface area contributed by atoms with Crippen molar-refractivity contribution in [2.24, 2.45) is 5.92 Å². The van der Waals surface area contributed by atoms with Crippen molar-refractivity contribution in [3.8, 4) is 5.75 Å². The van der Waals surface area contributed by atoms with Gasteiger partial charge in [0.05, 0.1) is 11.6 Å². The maximum absolute atomic E-state index is 12.2. The van der Waals surface area contributed by atoms with Gasteiger partial charge < -0.3 is 15.0 Å². The van der Waals surface area contributed by atoms with Gasteiger partial charge in [-0.2, -0.15) is 0 Å². The average Bonchev–Trinajstić information content (AvgIpc) is 2.53. The Morgan fingerprint density at radius 2 is 2.29 bits per heavy atom. The van der Waals surface area contributed by atoms with Gasteiger partial charge in [0.15, 0.2) is 0 Å². The van der Waals surface area contributed by atoms with Crippen LogP contribution in [0.25, 0.3) is 0 Å². The summed E-state index contributed by atoms with van der Waals surface area (Å²) in [4.78, 5) is 14.6. The minimum atomic E-state index is 0.125. The zero-order valence-electron chi connectivity index (χ0n) is 15.0. The molecule has 2 atom stereocenters. The fourth-order valence-electron chi connectivity index (χ4n) is 3.36. The molecule has 1 aromatic carbocycles. The highest BCUT2D eigenvalue weighted by molar-refractivity contribution is 9.10. The summed E-state index contributed by atoms with van der Waals surface area (Å²) in [7, 11) is 1.65. The maximum Gasteiger partial charge on any atom is 0.220 e. The molecule has 1 fully saturated rings. The summed E-state index contributed by atoms with van der Waals surface area (Å²) in [5.74, 6) is 1.71. The van der Waals surface area contributed by atoms with Gasteiger partial charge in [-0.1, -0.05) is 13.0 Å². The van der Waals surface area contributed by atoms with Crippen LogP contribution in [0.3, 0.4) is 0 Å². The maximum atomic E-state index is 12.2. The van der Waals surface area contributed by atoms with E-state index >= 15 is 0 Å². The Balaban J connectivity index is 1.73. The Labute approximate surface area is 154 Å². The van der Waals surface area contributed by atoms with E-state index in [9.17, 15) is 4.79 Å². The molecule has 24 heavy (non-hydrogen) atoms. The van der Waals surface area contributed by atoms with Crippen LogP contribution in [0.2, 0.25) is 0 Å². The largest absolute Gasteiger partial charge is 0.496 e. The number of amides is 1. The molecule has 0 spiro atoms. The lowest BCUT2D eigenvalue weighted by Crippen LogP contribution is -2.45. The summed E-state index contributed by atoms with van der Waals surface area (Å²) < 4.78 is 6.15. The lowest BCUT2D eigenvalue weighted by atomic mass is 10.00. The van der Waals surface area contributed by atoms with Crippen LogP contribution >= 0.6 is 15.9 Å². The molecule has 1 aliphatic heterocycles. The Morgan fingerprint density at radius 1 is 1.50 bits per heavy atom.